The number of alkyl halides is 2. The molecule has 0 N–H and O–H groups in total. The van der Waals surface area contributed by atoms with Crippen molar-refractivity contribution in [2.75, 3.05) is 29.2 Å². The maximum atomic E-state index is 12.6. The molecule has 0 bridgehead atoms. The molecule has 2 aromatic rings. The van der Waals surface area contributed by atoms with E-state index in [0.717, 1.165) is 10.0 Å². The molecule has 0 fully saturated rings. The van der Waals surface area contributed by atoms with Crippen LogP contribution < -0.4 is 9.64 Å². The number of allylic oxidation sites excluding steroid dienone is 1. The average Bonchev–Trinajstić information content (AvgIpc) is 2.96. The number of carbonyl (C=O) groups excluding carboxylic acids is 1. The van der Waals surface area contributed by atoms with E-state index >= 15 is 0 Å². The van der Waals surface area contributed by atoms with E-state index in [-0.39, 0.29) is 39.8 Å². The molecule has 6 nitrogen and oxygen atoms in total. The molecule has 0 saturated carbocycles. The largest absolute Gasteiger partial charge is 0.475 e. The second-order valence-electron chi connectivity index (χ2n) is 5.96. The van der Waals surface area contributed by atoms with Crippen LogP contribution in [0.5, 0.6) is 11.6 Å². The van der Waals surface area contributed by atoms with E-state index in [0.29, 0.717) is 23.2 Å². The molecule has 29 heavy (non-hydrogen) atoms. The van der Waals surface area contributed by atoms with E-state index in [1.165, 1.54) is 6.92 Å². The van der Waals surface area contributed by atoms with Crippen LogP contribution >= 0.6 is 20.7 Å². The summed E-state index contributed by atoms with van der Waals surface area (Å²) >= 11 is -0.224. The summed E-state index contributed by atoms with van der Waals surface area (Å²) in [5.74, 6) is 1.13. The number of carbonyl (C=O) groups is 1. The highest BCUT2D eigenvalue weighted by Gasteiger charge is 2.22. The first-order valence-corrected chi connectivity index (χ1v) is 11.8. The lowest BCUT2D eigenvalue weighted by molar-refractivity contribution is -0.116. The van der Waals surface area contributed by atoms with Gasteiger partial charge in [-0.3, -0.25) is 4.79 Å². The molecule has 2 heterocycles. The van der Waals surface area contributed by atoms with Gasteiger partial charge in [-0.15, -0.1) is 0 Å². The highest BCUT2D eigenvalue weighted by Crippen LogP contribution is 2.31. The summed E-state index contributed by atoms with van der Waals surface area (Å²) in [6, 6.07) is 12.8. The lowest BCUT2D eigenvalue weighted by atomic mass is 10.2. The molecule has 0 saturated heterocycles. The fraction of sp³-hybridized carbons (Fsp3) is 0.238. The average molecular weight is 509 g/mol. The predicted octanol–water partition coefficient (Wildman–Crippen LogP) is 4.28. The standard InChI is InChI=1S/C21H21FIN3O3/c1-16(27)26(14-17-9-11-23-15-25-20(17)28-13-10-22)19-8-5-12-24-21(19)29-18-6-3-2-4-7-18/h2-9,12,15H,10-11,13-14H2,1H3. The molecule has 8 heteroatoms. The Morgan fingerprint density at radius 3 is 2.83 bits per heavy atom. The zero-order valence-electron chi connectivity index (χ0n) is 15.9. The number of hydrogen-bond donors (Lipinski definition) is 0. The van der Waals surface area contributed by atoms with Gasteiger partial charge in [-0.25, -0.2) is 14.4 Å². The third kappa shape index (κ3) is 5.93. The van der Waals surface area contributed by atoms with Gasteiger partial charge in [0.15, 0.2) is 0 Å². The maximum Gasteiger partial charge on any atom is 0.243 e. The van der Waals surface area contributed by atoms with Crippen molar-refractivity contribution in [1.29, 1.82) is 0 Å². The van der Waals surface area contributed by atoms with Crippen molar-refractivity contribution in [2.45, 2.75) is 6.92 Å². The summed E-state index contributed by atoms with van der Waals surface area (Å²) in [6.07, 6.45) is 3.62. The van der Waals surface area contributed by atoms with Gasteiger partial charge >= 0.3 is 0 Å². The second-order valence-corrected chi connectivity index (χ2v) is 8.27. The van der Waals surface area contributed by atoms with Gasteiger partial charge in [-0.1, -0.05) is 45.0 Å². The molecule has 1 aromatic carbocycles. The van der Waals surface area contributed by atoms with Crippen molar-refractivity contribution < 1.29 is 18.7 Å². The van der Waals surface area contributed by atoms with Crippen LogP contribution in [0, 0.1) is 0 Å². The number of halogens is 2. The number of anilines is 1. The van der Waals surface area contributed by atoms with Crippen LogP contribution in [0.1, 0.15) is 6.92 Å². The molecule has 3 rings (SSSR count). The topological polar surface area (TPSA) is 64.0 Å². The third-order valence-corrected chi connectivity index (χ3v) is 5.57. The number of pyridine rings is 1. The number of aliphatic imine (C=N–C) groups is 1. The minimum atomic E-state index is -0.602. The Kier molecular flexibility index (Phi) is 7.85. The van der Waals surface area contributed by atoms with Crippen molar-refractivity contribution in [2.24, 2.45) is 4.99 Å². The summed E-state index contributed by atoms with van der Waals surface area (Å²) in [4.78, 5) is 22.7. The Morgan fingerprint density at radius 1 is 1.24 bits per heavy atom. The molecule has 0 aliphatic carbocycles. The smallest absolute Gasteiger partial charge is 0.243 e. The fourth-order valence-electron chi connectivity index (χ4n) is 2.63. The molecule has 0 unspecified atom stereocenters. The molecule has 0 radical (unpaired) electrons. The minimum absolute atomic E-state index is 0.0718. The molecule has 0 atom stereocenters. The number of benzene rings is 1. The Hall–Kier alpha value is -2.62. The summed E-state index contributed by atoms with van der Waals surface area (Å²) in [6.45, 7) is 1.04. The van der Waals surface area contributed by atoms with Crippen LogP contribution in [0.2, 0.25) is 0 Å². The highest BCUT2D eigenvalue weighted by molar-refractivity contribution is 14.2. The van der Waals surface area contributed by atoms with Crippen molar-refractivity contribution >= 4 is 42.4 Å². The Labute approximate surface area is 178 Å². The third-order valence-electron chi connectivity index (χ3n) is 3.95. The van der Waals surface area contributed by atoms with Gasteiger partial charge in [0.2, 0.25) is 17.7 Å². The molecule has 1 aliphatic heterocycles. The van der Waals surface area contributed by atoms with Crippen molar-refractivity contribution in [1.82, 2.24) is 4.98 Å². The first kappa shape index (κ1) is 21.1. The zero-order valence-corrected chi connectivity index (χ0v) is 18.1. The van der Waals surface area contributed by atoms with E-state index in [9.17, 15) is 9.18 Å². The number of ether oxygens (including phenoxy) is 2. The normalized spacial score (nSPS) is 13.4. The van der Waals surface area contributed by atoms with Crippen molar-refractivity contribution in [3.8, 4) is 11.6 Å². The van der Waals surface area contributed by atoms with E-state index in [1.54, 1.807) is 23.2 Å². The van der Waals surface area contributed by atoms with Crippen LogP contribution in [-0.4, -0.2) is 45.2 Å². The van der Waals surface area contributed by atoms with E-state index in [2.05, 4.69) is 9.98 Å². The predicted molar refractivity (Wildman–Crippen MR) is 121 cm³/mol. The molecular formula is C21H21FIN3O3. The lowest BCUT2D eigenvalue weighted by Gasteiger charge is -2.24. The van der Waals surface area contributed by atoms with E-state index in [4.69, 9.17) is 9.47 Å². The van der Waals surface area contributed by atoms with Gasteiger partial charge in [0.1, 0.15) is 24.7 Å². The van der Waals surface area contributed by atoms with Gasteiger partial charge in [-0.2, -0.15) is 0 Å². The lowest BCUT2D eigenvalue weighted by Crippen LogP contribution is -2.33. The number of amides is 1. The molecular weight excluding hydrogens is 488 g/mol. The first-order chi connectivity index (χ1) is 14.2. The molecule has 0 spiro atoms. The molecule has 1 aromatic heterocycles. The fourth-order valence-corrected chi connectivity index (χ4v) is 4.09. The minimum Gasteiger partial charge on any atom is -0.475 e. The number of nitrogens with zero attached hydrogens (tertiary/aromatic N) is 3. The van der Waals surface area contributed by atoms with Crippen LogP contribution in [0.4, 0.5) is 10.1 Å². The van der Waals surface area contributed by atoms with Crippen molar-refractivity contribution in [3.05, 3.63) is 60.3 Å². The summed E-state index contributed by atoms with van der Waals surface area (Å²) in [5.41, 5.74) is 1.29. The Balaban J connectivity index is 1.89. The number of aromatic nitrogens is 1. The SMILES string of the molecule is CC(=O)N(CC1=CCI=CN=C1OCCF)c1cccnc1Oc1ccccc1. The van der Waals surface area contributed by atoms with Crippen LogP contribution in [0.25, 0.3) is 0 Å². The Morgan fingerprint density at radius 2 is 2.07 bits per heavy atom. The second kappa shape index (κ2) is 10.8. The zero-order chi connectivity index (χ0) is 20.5. The summed E-state index contributed by atoms with van der Waals surface area (Å²) in [5, 5.41) is 0. The van der Waals surface area contributed by atoms with Gasteiger partial charge in [0.05, 0.1) is 10.7 Å². The molecule has 152 valence electrons. The first-order valence-electron chi connectivity index (χ1n) is 9.00. The van der Waals surface area contributed by atoms with Crippen LogP contribution in [0.15, 0.2) is 65.3 Å². The maximum absolute atomic E-state index is 12.6. The number of para-hydroxylation sites is 1. The summed E-state index contributed by atoms with van der Waals surface area (Å²) < 4.78 is 26.7. The highest BCUT2D eigenvalue weighted by atomic mass is 127. The van der Waals surface area contributed by atoms with E-state index in [1.807, 2.05) is 40.5 Å². The molecule has 1 aliphatic rings. The number of rotatable bonds is 7. The van der Waals surface area contributed by atoms with Gasteiger partial charge in [0.25, 0.3) is 0 Å². The van der Waals surface area contributed by atoms with E-state index < -0.39 is 6.67 Å². The monoisotopic (exact) mass is 509 g/mol. The van der Waals surface area contributed by atoms with Gasteiger partial charge in [0, 0.05) is 23.1 Å². The molecule has 1 amide bonds. The van der Waals surface area contributed by atoms with Crippen LogP contribution in [-0.2, 0) is 9.53 Å². The van der Waals surface area contributed by atoms with Crippen LogP contribution in [0.3, 0.4) is 0 Å². The van der Waals surface area contributed by atoms with Gasteiger partial charge in [-0.05, 0) is 24.3 Å². The summed E-state index contributed by atoms with van der Waals surface area (Å²) in [7, 11) is 0. The quantitative estimate of drug-likeness (QED) is 0.413. The van der Waals surface area contributed by atoms with Gasteiger partial charge < -0.3 is 14.4 Å². The Bertz CT molecular complexity index is 932. The van der Waals surface area contributed by atoms with Crippen molar-refractivity contribution in [3.63, 3.8) is 0 Å². The number of hydrogen-bond acceptors (Lipinski definition) is 5.